The lowest BCUT2D eigenvalue weighted by Crippen LogP contribution is -1.90. The van der Waals surface area contributed by atoms with Crippen LogP contribution in [0.5, 0.6) is 0 Å². The van der Waals surface area contributed by atoms with Gasteiger partial charge in [-0.2, -0.15) is 0 Å². The summed E-state index contributed by atoms with van der Waals surface area (Å²) in [6.45, 7) is 1.54. The van der Waals surface area contributed by atoms with Crippen LogP contribution in [-0.2, 0) is 0 Å². The number of halogens is 2. The average Bonchev–Trinajstić information content (AvgIpc) is 2.01. The average molecular weight is 174 g/mol. The zero-order valence-electron chi connectivity index (χ0n) is 6.32. The summed E-state index contributed by atoms with van der Waals surface area (Å²) >= 11 is 1.20. The number of rotatable bonds is 1. The van der Waals surface area contributed by atoms with E-state index in [-0.39, 0.29) is 0 Å². The van der Waals surface area contributed by atoms with Crippen molar-refractivity contribution >= 4 is 11.8 Å². The van der Waals surface area contributed by atoms with Gasteiger partial charge in [0, 0.05) is 4.90 Å². The maximum absolute atomic E-state index is 12.9. The molecular weight excluding hydrogens is 166 g/mol. The third-order valence-corrected chi connectivity index (χ3v) is 2.21. The predicted molar refractivity (Wildman–Crippen MR) is 42.9 cm³/mol. The van der Waals surface area contributed by atoms with Crippen molar-refractivity contribution < 1.29 is 8.78 Å². The normalized spacial score (nSPS) is 10.2. The van der Waals surface area contributed by atoms with Gasteiger partial charge in [0.15, 0.2) is 11.6 Å². The first-order valence-electron chi connectivity index (χ1n) is 3.15. The molecule has 1 aromatic rings. The Morgan fingerprint density at radius 2 is 1.82 bits per heavy atom. The highest BCUT2D eigenvalue weighted by Gasteiger charge is 2.08. The SMILES string of the molecule is CSc1ccc(C)c(F)c1F. The third-order valence-electron chi connectivity index (χ3n) is 1.46. The molecule has 0 aromatic heterocycles. The molecule has 3 heteroatoms. The predicted octanol–water partition coefficient (Wildman–Crippen LogP) is 3.00. The van der Waals surface area contributed by atoms with Crippen molar-refractivity contribution in [2.24, 2.45) is 0 Å². The molecule has 0 saturated heterocycles. The van der Waals surface area contributed by atoms with E-state index in [1.165, 1.54) is 11.8 Å². The van der Waals surface area contributed by atoms with Crippen LogP contribution in [-0.4, -0.2) is 6.26 Å². The monoisotopic (exact) mass is 174 g/mol. The van der Waals surface area contributed by atoms with Gasteiger partial charge in [-0.25, -0.2) is 8.78 Å². The van der Waals surface area contributed by atoms with Gasteiger partial charge < -0.3 is 0 Å². The van der Waals surface area contributed by atoms with Gasteiger partial charge >= 0.3 is 0 Å². The van der Waals surface area contributed by atoms with E-state index >= 15 is 0 Å². The molecule has 60 valence electrons. The van der Waals surface area contributed by atoms with Crippen molar-refractivity contribution in [1.82, 2.24) is 0 Å². The van der Waals surface area contributed by atoms with Gasteiger partial charge in [-0.05, 0) is 24.8 Å². The Morgan fingerprint density at radius 3 is 2.36 bits per heavy atom. The van der Waals surface area contributed by atoms with Crippen LogP contribution in [0.1, 0.15) is 5.56 Å². The van der Waals surface area contributed by atoms with Crippen molar-refractivity contribution in [3.63, 3.8) is 0 Å². The molecule has 0 saturated carbocycles. The fourth-order valence-corrected chi connectivity index (χ4v) is 1.26. The lowest BCUT2D eigenvalue weighted by atomic mass is 10.2. The Labute approximate surface area is 68.6 Å². The number of hydrogen-bond acceptors (Lipinski definition) is 1. The smallest absolute Gasteiger partial charge is 0.172 e. The Bertz CT molecular complexity index is 271. The van der Waals surface area contributed by atoms with E-state index in [0.29, 0.717) is 10.5 Å². The lowest BCUT2D eigenvalue weighted by molar-refractivity contribution is 0.486. The van der Waals surface area contributed by atoms with Gasteiger partial charge in [-0.3, -0.25) is 0 Å². The van der Waals surface area contributed by atoms with E-state index < -0.39 is 11.6 Å². The molecular formula is C8H8F2S. The Morgan fingerprint density at radius 1 is 1.18 bits per heavy atom. The van der Waals surface area contributed by atoms with Gasteiger partial charge in [-0.1, -0.05) is 6.07 Å². The summed E-state index contributed by atoms with van der Waals surface area (Å²) in [5.74, 6) is -1.48. The second-order valence-corrected chi connectivity index (χ2v) is 3.06. The molecule has 11 heavy (non-hydrogen) atoms. The number of thioether (sulfide) groups is 1. The molecule has 0 fully saturated rings. The number of aryl methyl sites for hydroxylation is 1. The molecule has 0 aliphatic rings. The van der Waals surface area contributed by atoms with Crippen LogP contribution in [0.3, 0.4) is 0 Å². The highest BCUT2D eigenvalue weighted by atomic mass is 32.2. The number of hydrogen-bond donors (Lipinski definition) is 0. The molecule has 0 bridgehead atoms. The quantitative estimate of drug-likeness (QED) is 0.590. The maximum Gasteiger partial charge on any atom is 0.172 e. The van der Waals surface area contributed by atoms with E-state index in [4.69, 9.17) is 0 Å². The van der Waals surface area contributed by atoms with Gasteiger partial charge in [0.25, 0.3) is 0 Å². The molecule has 0 atom stereocenters. The molecule has 0 aliphatic carbocycles. The fraction of sp³-hybridized carbons (Fsp3) is 0.250. The Balaban J connectivity index is 3.25. The van der Waals surface area contributed by atoms with Crippen molar-refractivity contribution in [2.45, 2.75) is 11.8 Å². The molecule has 1 aromatic carbocycles. The van der Waals surface area contributed by atoms with Crippen molar-refractivity contribution in [2.75, 3.05) is 6.26 Å². The molecule has 0 spiro atoms. The van der Waals surface area contributed by atoms with E-state index in [0.717, 1.165) is 0 Å². The summed E-state index contributed by atoms with van der Waals surface area (Å²) in [5, 5.41) is 0. The maximum atomic E-state index is 12.9. The first-order chi connectivity index (χ1) is 5.16. The lowest BCUT2D eigenvalue weighted by Gasteiger charge is -2.01. The topological polar surface area (TPSA) is 0 Å². The van der Waals surface area contributed by atoms with E-state index in [2.05, 4.69) is 0 Å². The molecule has 0 aliphatic heterocycles. The first kappa shape index (κ1) is 8.53. The highest BCUT2D eigenvalue weighted by Crippen LogP contribution is 2.22. The van der Waals surface area contributed by atoms with E-state index in [9.17, 15) is 8.78 Å². The molecule has 1 rings (SSSR count). The van der Waals surface area contributed by atoms with Crippen molar-refractivity contribution in [1.29, 1.82) is 0 Å². The fourth-order valence-electron chi connectivity index (χ4n) is 0.786. The molecule has 0 nitrogen and oxygen atoms in total. The summed E-state index contributed by atoms with van der Waals surface area (Å²) in [6, 6.07) is 3.16. The summed E-state index contributed by atoms with van der Waals surface area (Å²) in [7, 11) is 0. The summed E-state index contributed by atoms with van der Waals surface area (Å²) < 4.78 is 25.7. The van der Waals surface area contributed by atoms with Crippen molar-refractivity contribution in [3.05, 3.63) is 29.3 Å². The van der Waals surface area contributed by atoms with Crippen LogP contribution < -0.4 is 0 Å². The first-order valence-corrected chi connectivity index (χ1v) is 4.38. The van der Waals surface area contributed by atoms with Gasteiger partial charge in [0.1, 0.15) is 0 Å². The number of benzene rings is 1. The van der Waals surface area contributed by atoms with Crippen LogP contribution in [0.25, 0.3) is 0 Å². The second-order valence-electron chi connectivity index (χ2n) is 2.21. The Hall–Kier alpha value is -0.570. The van der Waals surface area contributed by atoms with Crippen molar-refractivity contribution in [3.8, 4) is 0 Å². The third kappa shape index (κ3) is 1.53. The van der Waals surface area contributed by atoms with Crippen LogP contribution in [0.2, 0.25) is 0 Å². The summed E-state index contributed by atoms with van der Waals surface area (Å²) in [5.41, 5.74) is 0.348. The highest BCUT2D eigenvalue weighted by molar-refractivity contribution is 7.98. The molecule has 0 amide bonds. The van der Waals surface area contributed by atoms with E-state index in [1.54, 1.807) is 25.3 Å². The standard InChI is InChI=1S/C8H8F2S/c1-5-3-4-6(11-2)8(10)7(5)9/h3-4H,1-2H3. The van der Waals surface area contributed by atoms with Gasteiger partial charge in [-0.15, -0.1) is 11.8 Å². The van der Waals surface area contributed by atoms with E-state index in [1.807, 2.05) is 0 Å². The van der Waals surface area contributed by atoms with Crippen LogP contribution in [0, 0.1) is 18.6 Å². The Kier molecular flexibility index (Phi) is 2.49. The molecule has 0 heterocycles. The second kappa shape index (κ2) is 3.22. The summed E-state index contributed by atoms with van der Waals surface area (Å²) in [6.07, 6.45) is 1.72. The van der Waals surface area contributed by atoms with Crippen LogP contribution >= 0.6 is 11.8 Å². The summed E-state index contributed by atoms with van der Waals surface area (Å²) in [4.78, 5) is 0.355. The van der Waals surface area contributed by atoms with Gasteiger partial charge in [0.05, 0.1) is 0 Å². The molecule has 0 N–H and O–H groups in total. The minimum absolute atomic E-state index is 0.348. The van der Waals surface area contributed by atoms with Gasteiger partial charge in [0.2, 0.25) is 0 Å². The van der Waals surface area contributed by atoms with Crippen LogP contribution in [0.4, 0.5) is 8.78 Å². The molecule has 0 radical (unpaired) electrons. The minimum Gasteiger partial charge on any atom is -0.203 e. The zero-order valence-corrected chi connectivity index (χ0v) is 7.14. The minimum atomic E-state index is -0.739. The largest absolute Gasteiger partial charge is 0.203 e. The zero-order chi connectivity index (χ0) is 8.43. The molecule has 0 unspecified atom stereocenters. The van der Waals surface area contributed by atoms with Crippen LogP contribution in [0.15, 0.2) is 17.0 Å².